The Kier molecular flexibility index (Phi) is 6.94. The third kappa shape index (κ3) is 5.01. The van der Waals surface area contributed by atoms with Gasteiger partial charge in [0.1, 0.15) is 11.5 Å². The summed E-state index contributed by atoms with van der Waals surface area (Å²) in [6.07, 6.45) is -3.98. The lowest BCUT2D eigenvalue weighted by molar-refractivity contribution is -0.192. The minimum absolute atomic E-state index is 0.0146. The quantitative estimate of drug-likeness (QED) is 0.426. The van der Waals surface area contributed by atoms with Crippen molar-refractivity contribution in [1.82, 2.24) is 29.8 Å². The topological polar surface area (TPSA) is 133 Å². The summed E-state index contributed by atoms with van der Waals surface area (Å²) in [6, 6.07) is 4.74. The number of benzene rings is 1. The Morgan fingerprint density at radius 2 is 1.94 bits per heavy atom. The highest BCUT2D eigenvalue weighted by Crippen LogP contribution is 2.27. The van der Waals surface area contributed by atoms with Crippen LogP contribution in [0.15, 0.2) is 23.0 Å². The smallest absolute Gasteiger partial charge is 0.475 e. The number of aliphatic carboxylic acids is 1. The number of halogens is 6. The number of nitrogens with zero attached hydrogens (tertiary/aromatic N) is 4. The number of likely N-dealkylation sites (tertiary alicyclic amines) is 1. The van der Waals surface area contributed by atoms with E-state index in [1.165, 1.54) is 12.1 Å². The van der Waals surface area contributed by atoms with Crippen LogP contribution in [0.5, 0.6) is 0 Å². The van der Waals surface area contributed by atoms with Crippen LogP contribution in [0.1, 0.15) is 28.0 Å². The summed E-state index contributed by atoms with van der Waals surface area (Å²) < 4.78 is 47.3. The number of hydrogen-bond acceptors (Lipinski definition) is 6. The maximum absolute atomic E-state index is 14.4. The van der Waals surface area contributed by atoms with Gasteiger partial charge in [-0.1, -0.05) is 29.3 Å². The molecule has 3 aromatic rings. The fraction of sp³-hybridized carbons (Fsp3) is 0.350. The molecule has 10 nitrogen and oxygen atoms in total. The van der Waals surface area contributed by atoms with Crippen molar-refractivity contribution in [2.24, 2.45) is 0 Å². The zero-order valence-electron chi connectivity index (χ0n) is 17.9. The fourth-order valence-electron chi connectivity index (χ4n) is 4.09. The number of hydrogen-bond donors (Lipinski definition) is 3. The molecule has 2 aliphatic heterocycles. The van der Waals surface area contributed by atoms with Gasteiger partial charge in [0.25, 0.3) is 5.91 Å². The van der Waals surface area contributed by atoms with Gasteiger partial charge >= 0.3 is 17.8 Å². The Morgan fingerprint density at radius 1 is 1.25 bits per heavy atom. The molecule has 2 bridgehead atoms. The third-order valence-electron chi connectivity index (χ3n) is 5.72. The summed E-state index contributed by atoms with van der Waals surface area (Å²) in [6.45, 7) is 1.32. The SMILES string of the molecule is O=C(O)C(F)(F)F.O=C(c1cc(Cc2n[nH]c(=O)n3c(Cl)c(Cl)nc23)ccc1F)N1C[C@@H]2C[C@H]1CN2. The van der Waals surface area contributed by atoms with E-state index in [1.807, 2.05) is 0 Å². The molecule has 5 rings (SSSR count). The first-order valence-electron chi connectivity index (χ1n) is 10.3. The van der Waals surface area contributed by atoms with Crippen LogP contribution < -0.4 is 11.0 Å². The minimum atomic E-state index is -5.08. The summed E-state index contributed by atoms with van der Waals surface area (Å²) >= 11 is 12.0. The van der Waals surface area contributed by atoms with Crippen LogP contribution in [0.4, 0.5) is 17.6 Å². The summed E-state index contributed by atoms with van der Waals surface area (Å²) in [5, 5.41) is 16.8. The largest absolute Gasteiger partial charge is 0.490 e. The first kappa shape index (κ1) is 25.9. The molecular formula is C20H16Cl2F4N6O4. The minimum Gasteiger partial charge on any atom is -0.475 e. The van der Waals surface area contributed by atoms with E-state index < -0.39 is 23.7 Å². The standard InChI is InChI=1S/C18H15Cl2FN6O2.C2HF3O2/c19-14-15(20)27-16(23-14)13(24-25-18(27)29)4-8-1-2-12(21)11(3-8)17(28)26-7-9-5-10(26)6-22-9;3-2(4,5)1(6)7/h1-3,9-10,22H,4-7H2,(H,25,29);(H,6,7)/t9-,10-;/m0./s1. The normalized spacial score (nSPS) is 18.9. The highest BCUT2D eigenvalue weighted by Gasteiger charge is 2.41. The number of rotatable bonds is 3. The molecule has 0 unspecified atom stereocenters. The lowest BCUT2D eigenvalue weighted by Crippen LogP contribution is -2.46. The van der Waals surface area contributed by atoms with Gasteiger partial charge < -0.3 is 15.3 Å². The number of carbonyl (C=O) groups is 2. The van der Waals surface area contributed by atoms with E-state index in [0.29, 0.717) is 17.8 Å². The zero-order chi connectivity index (χ0) is 26.4. The average Bonchev–Trinajstić information content (AvgIpc) is 3.52. The lowest BCUT2D eigenvalue weighted by atomic mass is 10.0. The second-order valence-electron chi connectivity index (χ2n) is 8.07. The van der Waals surface area contributed by atoms with Gasteiger partial charge in [0.2, 0.25) is 0 Å². The number of aromatic amines is 1. The van der Waals surface area contributed by atoms with Gasteiger partial charge in [0.15, 0.2) is 16.0 Å². The molecule has 1 amide bonds. The monoisotopic (exact) mass is 550 g/mol. The number of piperazine rings is 1. The van der Waals surface area contributed by atoms with Crippen molar-refractivity contribution in [3.8, 4) is 0 Å². The van der Waals surface area contributed by atoms with Crippen LogP contribution in [0.25, 0.3) is 5.65 Å². The molecule has 0 radical (unpaired) electrons. The molecule has 3 N–H and O–H groups in total. The van der Waals surface area contributed by atoms with Gasteiger partial charge in [-0.05, 0) is 24.1 Å². The Balaban J connectivity index is 0.000000384. The van der Waals surface area contributed by atoms with Crippen molar-refractivity contribution in [1.29, 1.82) is 0 Å². The molecule has 16 heteroatoms. The molecule has 0 aliphatic carbocycles. The number of fused-ring (bicyclic) bond motifs is 3. The van der Waals surface area contributed by atoms with Crippen LogP contribution in [0.3, 0.4) is 0 Å². The number of H-pyrrole nitrogens is 1. The lowest BCUT2D eigenvalue weighted by Gasteiger charge is -2.27. The molecule has 1 aromatic carbocycles. The summed E-state index contributed by atoms with van der Waals surface area (Å²) in [5.41, 5.74) is 0.710. The molecule has 0 spiro atoms. The highest BCUT2D eigenvalue weighted by molar-refractivity contribution is 6.40. The van der Waals surface area contributed by atoms with Crippen molar-refractivity contribution in [3.05, 3.63) is 61.6 Å². The summed E-state index contributed by atoms with van der Waals surface area (Å²) in [4.78, 5) is 39.6. The van der Waals surface area contributed by atoms with E-state index in [0.717, 1.165) is 17.4 Å². The molecular weight excluding hydrogens is 535 g/mol. The van der Waals surface area contributed by atoms with E-state index in [2.05, 4.69) is 20.5 Å². The molecule has 2 fully saturated rings. The number of aromatic nitrogens is 4. The van der Waals surface area contributed by atoms with Crippen molar-refractivity contribution < 1.29 is 32.3 Å². The number of imidazole rings is 1. The molecule has 2 aromatic heterocycles. The van der Waals surface area contributed by atoms with E-state index in [-0.39, 0.29) is 45.9 Å². The zero-order valence-corrected chi connectivity index (χ0v) is 19.5. The van der Waals surface area contributed by atoms with Gasteiger partial charge in [0.05, 0.1) is 5.56 Å². The predicted molar refractivity (Wildman–Crippen MR) is 118 cm³/mol. The summed E-state index contributed by atoms with van der Waals surface area (Å²) in [5.74, 6) is -3.64. The van der Waals surface area contributed by atoms with E-state index in [4.69, 9.17) is 33.1 Å². The number of alkyl halides is 3. The molecule has 2 saturated heterocycles. The Bertz CT molecular complexity index is 1410. The second-order valence-corrected chi connectivity index (χ2v) is 8.79. The van der Waals surface area contributed by atoms with E-state index >= 15 is 0 Å². The van der Waals surface area contributed by atoms with Crippen molar-refractivity contribution in [2.45, 2.75) is 31.1 Å². The Hall–Kier alpha value is -3.23. The number of nitrogens with one attached hydrogen (secondary N) is 2. The van der Waals surface area contributed by atoms with Gasteiger partial charge in [0, 0.05) is 31.6 Å². The van der Waals surface area contributed by atoms with Gasteiger partial charge in [-0.15, -0.1) is 0 Å². The van der Waals surface area contributed by atoms with E-state index in [9.17, 15) is 27.2 Å². The molecule has 0 saturated carbocycles. The molecule has 2 atom stereocenters. The number of carbonyl (C=O) groups excluding carboxylic acids is 1. The number of amides is 1. The predicted octanol–water partition coefficient (Wildman–Crippen LogP) is 2.27. The number of carboxylic acid groups (broad SMARTS) is 1. The summed E-state index contributed by atoms with van der Waals surface area (Å²) in [7, 11) is 0. The van der Waals surface area contributed by atoms with Gasteiger partial charge in [-0.3, -0.25) is 4.79 Å². The Labute approximate surface area is 208 Å². The van der Waals surface area contributed by atoms with Crippen LogP contribution >= 0.6 is 23.2 Å². The second kappa shape index (κ2) is 9.67. The highest BCUT2D eigenvalue weighted by atomic mass is 35.5. The number of carboxylic acids is 1. The van der Waals surface area contributed by atoms with Crippen LogP contribution in [0.2, 0.25) is 10.3 Å². The first-order valence-corrected chi connectivity index (χ1v) is 11.1. The fourth-order valence-corrected chi connectivity index (χ4v) is 4.45. The molecule has 192 valence electrons. The molecule has 36 heavy (non-hydrogen) atoms. The first-order chi connectivity index (χ1) is 16.9. The molecule has 2 aliphatic rings. The molecule has 4 heterocycles. The van der Waals surface area contributed by atoms with Crippen LogP contribution in [0, 0.1) is 5.82 Å². The average molecular weight is 551 g/mol. The van der Waals surface area contributed by atoms with Crippen LogP contribution in [-0.4, -0.2) is 72.8 Å². The van der Waals surface area contributed by atoms with Crippen molar-refractivity contribution >= 4 is 40.7 Å². The van der Waals surface area contributed by atoms with Crippen molar-refractivity contribution in [2.75, 3.05) is 13.1 Å². The van der Waals surface area contributed by atoms with Crippen LogP contribution in [-0.2, 0) is 11.2 Å². The van der Waals surface area contributed by atoms with E-state index in [1.54, 1.807) is 11.0 Å². The Morgan fingerprint density at radius 3 is 2.53 bits per heavy atom. The maximum atomic E-state index is 14.4. The third-order valence-corrected chi connectivity index (χ3v) is 6.43. The maximum Gasteiger partial charge on any atom is 0.490 e. The van der Waals surface area contributed by atoms with Gasteiger partial charge in [-0.2, -0.15) is 18.3 Å². The van der Waals surface area contributed by atoms with Gasteiger partial charge in [-0.25, -0.2) is 28.5 Å². The van der Waals surface area contributed by atoms with Crippen molar-refractivity contribution in [3.63, 3.8) is 0 Å².